The van der Waals surface area contributed by atoms with E-state index in [1.807, 2.05) is 6.92 Å². The van der Waals surface area contributed by atoms with Crippen molar-refractivity contribution in [3.05, 3.63) is 58.6 Å². The predicted molar refractivity (Wildman–Crippen MR) is 109 cm³/mol. The van der Waals surface area contributed by atoms with Crippen LogP contribution < -0.4 is 19.7 Å². The van der Waals surface area contributed by atoms with E-state index in [1.165, 1.54) is 19.3 Å². The van der Waals surface area contributed by atoms with Crippen LogP contribution in [0.15, 0.2) is 48.0 Å². The number of nitrogens with one attached hydrogen (secondary N) is 1. The summed E-state index contributed by atoms with van der Waals surface area (Å²) in [5.74, 6) is -0.633. The van der Waals surface area contributed by atoms with Gasteiger partial charge < -0.3 is 9.47 Å². The molecule has 150 valence electrons. The number of halogens is 1. The summed E-state index contributed by atoms with van der Waals surface area (Å²) in [4.78, 5) is 38.4. The Bertz CT molecular complexity index is 985. The van der Waals surface area contributed by atoms with Crippen LogP contribution in [0.5, 0.6) is 11.5 Å². The summed E-state index contributed by atoms with van der Waals surface area (Å²) in [5.41, 5.74) is 0.683. The van der Waals surface area contributed by atoms with Crippen molar-refractivity contribution >= 4 is 41.2 Å². The maximum atomic E-state index is 13.0. The van der Waals surface area contributed by atoms with Gasteiger partial charge in [0.2, 0.25) is 0 Å². The topological polar surface area (TPSA) is 84.9 Å². The van der Waals surface area contributed by atoms with E-state index in [-0.39, 0.29) is 11.3 Å². The summed E-state index contributed by atoms with van der Waals surface area (Å²) < 4.78 is 10.9. The molecule has 0 unspecified atom stereocenters. The van der Waals surface area contributed by atoms with E-state index in [0.717, 1.165) is 11.3 Å². The quantitative estimate of drug-likeness (QED) is 0.574. The number of amides is 4. The lowest BCUT2D eigenvalue weighted by atomic mass is 10.1. The lowest BCUT2D eigenvalue weighted by Gasteiger charge is -2.27. The van der Waals surface area contributed by atoms with Gasteiger partial charge in [-0.05, 0) is 42.3 Å². The van der Waals surface area contributed by atoms with E-state index in [1.54, 1.807) is 36.4 Å². The van der Waals surface area contributed by atoms with Crippen molar-refractivity contribution < 1.29 is 23.9 Å². The number of anilines is 1. The number of rotatable bonds is 6. The molecule has 0 radical (unpaired) electrons. The zero-order valence-electron chi connectivity index (χ0n) is 15.9. The van der Waals surface area contributed by atoms with Gasteiger partial charge in [-0.15, -0.1) is 0 Å². The van der Waals surface area contributed by atoms with Crippen molar-refractivity contribution in [2.75, 3.05) is 18.6 Å². The molecule has 3 rings (SSSR count). The van der Waals surface area contributed by atoms with Crippen molar-refractivity contribution in [1.29, 1.82) is 0 Å². The minimum atomic E-state index is -0.836. The highest BCUT2D eigenvalue weighted by Gasteiger charge is 2.37. The zero-order chi connectivity index (χ0) is 21.0. The van der Waals surface area contributed by atoms with Gasteiger partial charge in [0.05, 0.1) is 19.4 Å². The summed E-state index contributed by atoms with van der Waals surface area (Å²) in [6.45, 7) is 2.48. The molecule has 2 aromatic rings. The largest absolute Gasteiger partial charge is 0.493 e. The Kier molecular flexibility index (Phi) is 6.19. The normalized spacial score (nSPS) is 15.5. The van der Waals surface area contributed by atoms with Gasteiger partial charge >= 0.3 is 6.03 Å². The Morgan fingerprint density at radius 1 is 1.07 bits per heavy atom. The molecule has 1 aliphatic heterocycles. The molecule has 2 aromatic carbocycles. The highest BCUT2D eigenvalue weighted by atomic mass is 35.5. The van der Waals surface area contributed by atoms with Crippen LogP contribution in [0.2, 0.25) is 5.02 Å². The Morgan fingerprint density at radius 2 is 1.79 bits per heavy atom. The average molecular weight is 415 g/mol. The number of methoxy groups -OCH3 is 1. The first-order valence-electron chi connectivity index (χ1n) is 8.92. The molecule has 1 heterocycles. The van der Waals surface area contributed by atoms with E-state index in [4.69, 9.17) is 21.1 Å². The van der Waals surface area contributed by atoms with Crippen molar-refractivity contribution in [3.8, 4) is 11.5 Å². The monoisotopic (exact) mass is 414 g/mol. The van der Waals surface area contributed by atoms with Gasteiger partial charge in [-0.1, -0.05) is 30.7 Å². The van der Waals surface area contributed by atoms with E-state index in [9.17, 15) is 14.4 Å². The van der Waals surface area contributed by atoms with Gasteiger partial charge in [-0.2, -0.15) is 0 Å². The van der Waals surface area contributed by atoms with Crippen LogP contribution in [0.25, 0.3) is 6.08 Å². The third-order valence-corrected chi connectivity index (χ3v) is 4.40. The molecular formula is C21H19ClN2O5. The first-order valence-corrected chi connectivity index (χ1v) is 9.30. The highest BCUT2D eigenvalue weighted by molar-refractivity contribution is 6.39. The summed E-state index contributed by atoms with van der Waals surface area (Å²) >= 11 is 5.87. The Hall–Kier alpha value is -3.32. The van der Waals surface area contributed by atoms with Crippen LogP contribution in [-0.4, -0.2) is 31.6 Å². The lowest BCUT2D eigenvalue weighted by molar-refractivity contribution is -0.122. The number of imide groups is 2. The van der Waals surface area contributed by atoms with Crippen LogP contribution in [0.1, 0.15) is 18.9 Å². The van der Waals surface area contributed by atoms with Crippen molar-refractivity contribution in [3.63, 3.8) is 0 Å². The fraction of sp³-hybridized carbons (Fsp3) is 0.190. The van der Waals surface area contributed by atoms with E-state index in [2.05, 4.69) is 5.32 Å². The third-order valence-electron chi connectivity index (χ3n) is 4.15. The molecule has 0 aromatic heterocycles. The average Bonchev–Trinajstić information content (AvgIpc) is 2.71. The van der Waals surface area contributed by atoms with Gasteiger partial charge in [-0.25, -0.2) is 9.69 Å². The highest BCUT2D eigenvalue weighted by Crippen LogP contribution is 2.33. The maximum absolute atomic E-state index is 13.0. The first-order chi connectivity index (χ1) is 13.9. The summed E-state index contributed by atoms with van der Waals surface area (Å²) in [6, 6.07) is 10.5. The second-order valence-electron chi connectivity index (χ2n) is 6.19. The number of urea groups is 1. The van der Waals surface area contributed by atoms with Gasteiger partial charge in [0, 0.05) is 11.1 Å². The van der Waals surface area contributed by atoms with Crippen molar-refractivity contribution in [2.45, 2.75) is 13.3 Å². The third kappa shape index (κ3) is 4.41. The molecule has 1 N–H and O–H groups in total. The molecular weight excluding hydrogens is 396 g/mol. The van der Waals surface area contributed by atoms with Crippen molar-refractivity contribution in [1.82, 2.24) is 5.32 Å². The summed E-state index contributed by atoms with van der Waals surface area (Å²) in [6.07, 6.45) is 2.22. The van der Waals surface area contributed by atoms with E-state index < -0.39 is 17.8 Å². The molecule has 29 heavy (non-hydrogen) atoms. The van der Waals surface area contributed by atoms with Gasteiger partial charge in [0.15, 0.2) is 11.5 Å². The fourth-order valence-electron chi connectivity index (χ4n) is 2.74. The number of ether oxygens (including phenoxy) is 2. The second-order valence-corrected chi connectivity index (χ2v) is 6.63. The number of hydrogen-bond acceptors (Lipinski definition) is 5. The standard InChI is InChI=1S/C21H19ClN2O5/c1-3-10-29-17-9-8-15(12-18(17)28-2)24-20(26)16(19(25)23-21(24)27)11-13-4-6-14(22)7-5-13/h4-9,11-12H,3,10H2,1-2H3,(H,23,25,27)/b16-11+. The SMILES string of the molecule is CCCOc1ccc(N2C(=O)NC(=O)/C(=C\c3ccc(Cl)cc3)C2=O)cc1OC. The van der Waals surface area contributed by atoms with E-state index in [0.29, 0.717) is 28.7 Å². The van der Waals surface area contributed by atoms with Gasteiger partial charge in [0.25, 0.3) is 11.8 Å². The molecule has 0 aliphatic carbocycles. The smallest absolute Gasteiger partial charge is 0.335 e. The van der Waals surface area contributed by atoms with Crippen LogP contribution in [0.3, 0.4) is 0 Å². The van der Waals surface area contributed by atoms with Crippen LogP contribution in [0.4, 0.5) is 10.5 Å². The Balaban J connectivity index is 1.96. The van der Waals surface area contributed by atoms with Gasteiger partial charge in [0.1, 0.15) is 5.57 Å². The zero-order valence-corrected chi connectivity index (χ0v) is 16.7. The number of carbonyl (C=O) groups excluding carboxylic acids is 3. The lowest BCUT2D eigenvalue weighted by Crippen LogP contribution is -2.54. The molecule has 0 bridgehead atoms. The summed E-state index contributed by atoms with van der Waals surface area (Å²) in [5, 5.41) is 2.72. The second kappa shape index (κ2) is 8.79. The molecule has 4 amide bonds. The molecule has 1 aliphatic rings. The number of barbiturate groups is 1. The minimum Gasteiger partial charge on any atom is -0.493 e. The van der Waals surface area contributed by atoms with Crippen LogP contribution >= 0.6 is 11.6 Å². The Labute approximate surface area is 172 Å². The Morgan fingerprint density at radius 3 is 2.45 bits per heavy atom. The fourth-order valence-corrected chi connectivity index (χ4v) is 2.87. The molecule has 0 saturated carbocycles. The molecule has 1 saturated heterocycles. The predicted octanol–water partition coefficient (Wildman–Crippen LogP) is 3.80. The maximum Gasteiger partial charge on any atom is 0.335 e. The number of carbonyl (C=O) groups is 3. The minimum absolute atomic E-state index is 0.169. The number of nitrogens with zero attached hydrogens (tertiary/aromatic N) is 1. The molecule has 0 atom stereocenters. The van der Waals surface area contributed by atoms with Gasteiger partial charge in [-0.3, -0.25) is 14.9 Å². The molecule has 8 heteroatoms. The molecule has 0 spiro atoms. The first kappa shape index (κ1) is 20.4. The van der Waals surface area contributed by atoms with E-state index >= 15 is 0 Å². The number of benzene rings is 2. The molecule has 7 nitrogen and oxygen atoms in total. The molecule has 1 fully saturated rings. The van der Waals surface area contributed by atoms with Crippen molar-refractivity contribution in [2.24, 2.45) is 0 Å². The number of hydrogen-bond donors (Lipinski definition) is 1. The van der Waals surface area contributed by atoms with Crippen LogP contribution in [-0.2, 0) is 9.59 Å². The summed E-state index contributed by atoms with van der Waals surface area (Å²) in [7, 11) is 1.46. The van der Waals surface area contributed by atoms with Crippen LogP contribution in [0, 0.1) is 0 Å².